The van der Waals surface area contributed by atoms with Crippen molar-refractivity contribution < 1.29 is 18.7 Å². The van der Waals surface area contributed by atoms with Crippen LogP contribution in [0.25, 0.3) is 22.2 Å². The lowest BCUT2D eigenvalue weighted by Crippen LogP contribution is -2.35. The molecule has 8 nitrogen and oxygen atoms in total. The molecule has 1 aliphatic carbocycles. The third-order valence-corrected chi connectivity index (χ3v) is 7.10. The van der Waals surface area contributed by atoms with Crippen LogP contribution in [0, 0.1) is 18.2 Å². The standard InChI is InChI=1S/C31H26FN5O3/c1-19-17-25-27(18-24(19)26-12-16-37(2)36-26)33-15-11-28(25)40-23-9-7-22(8-10-23)35-30(39)31(13-14-31)29(38)34-21-5-3-20(32)4-6-21/h3-12,15-18H,13-14H2,1-2H3,(H,34,38)(H,35,39). The molecular formula is C31H26FN5O3. The van der Waals surface area contributed by atoms with Crippen LogP contribution >= 0.6 is 0 Å². The summed E-state index contributed by atoms with van der Waals surface area (Å²) in [6, 6.07) is 20.3. The molecule has 0 saturated heterocycles. The molecule has 1 fully saturated rings. The number of carbonyl (C=O) groups is 2. The van der Waals surface area contributed by atoms with Crippen LogP contribution in [-0.2, 0) is 16.6 Å². The van der Waals surface area contributed by atoms with Crippen molar-refractivity contribution in [1.82, 2.24) is 14.8 Å². The molecule has 40 heavy (non-hydrogen) atoms. The number of nitrogens with zero attached hydrogens (tertiary/aromatic N) is 3. The van der Waals surface area contributed by atoms with Crippen LogP contribution in [0.1, 0.15) is 18.4 Å². The first-order valence-corrected chi connectivity index (χ1v) is 12.9. The number of nitrogens with one attached hydrogen (secondary N) is 2. The summed E-state index contributed by atoms with van der Waals surface area (Å²) >= 11 is 0. The average Bonchev–Trinajstić information content (AvgIpc) is 3.66. The van der Waals surface area contributed by atoms with Crippen LogP contribution in [0.2, 0.25) is 0 Å². The Kier molecular flexibility index (Phi) is 6.26. The second kappa shape index (κ2) is 9.92. The molecule has 0 unspecified atom stereocenters. The molecule has 0 atom stereocenters. The van der Waals surface area contributed by atoms with Gasteiger partial charge in [0.2, 0.25) is 11.8 Å². The topological polar surface area (TPSA) is 98.1 Å². The van der Waals surface area contributed by atoms with E-state index in [1.807, 2.05) is 44.4 Å². The zero-order chi connectivity index (χ0) is 27.9. The summed E-state index contributed by atoms with van der Waals surface area (Å²) in [5.74, 6) is 0.0768. The van der Waals surface area contributed by atoms with Gasteiger partial charge in [0.15, 0.2) is 0 Å². The van der Waals surface area contributed by atoms with Crippen molar-refractivity contribution in [1.29, 1.82) is 0 Å². The monoisotopic (exact) mass is 535 g/mol. The Morgan fingerprint density at radius 3 is 2.17 bits per heavy atom. The van der Waals surface area contributed by atoms with Crippen LogP contribution in [0.4, 0.5) is 15.8 Å². The van der Waals surface area contributed by atoms with Gasteiger partial charge in [-0.2, -0.15) is 5.10 Å². The zero-order valence-electron chi connectivity index (χ0n) is 21.9. The number of ether oxygens (including phenoxy) is 1. The molecule has 0 bridgehead atoms. The lowest BCUT2D eigenvalue weighted by Gasteiger charge is -2.16. The summed E-state index contributed by atoms with van der Waals surface area (Å²) in [5, 5.41) is 10.9. The first-order valence-electron chi connectivity index (χ1n) is 12.9. The normalized spacial score (nSPS) is 13.6. The first-order chi connectivity index (χ1) is 19.3. The summed E-state index contributed by atoms with van der Waals surface area (Å²) in [6.07, 6.45) is 4.51. The molecule has 2 heterocycles. The van der Waals surface area contributed by atoms with Crippen molar-refractivity contribution in [2.45, 2.75) is 19.8 Å². The van der Waals surface area contributed by atoms with Crippen molar-refractivity contribution in [2.24, 2.45) is 12.5 Å². The molecule has 9 heteroatoms. The molecule has 1 aliphatic rings. The SMILES string of the molecule is Cc1cc2c(Oc3ccc(NC(=O)C4(C(=O)Nc5ccc(F)cc5)CC4)cc3)ccnc2cc1-c1ccn(C)n1. The molecule has 0 spiro atoms. The van der Waals surface area contributed by atoms with E-state index in [0.29, 0.717) is 35.7 Å². The maximum atomic E-state index is 13.2. The molecule has 0 aliphatic heterocycles. The second-order valence-corrected chi connectivity index (χ2v) is 9.99. The van der Waals surface area contributed by atoms with Gasteiger partial charge in [-0.15, -0.1) is 0 Å². The molecule has 2 aromatic heterocycles. The number of pyridine rings is 1. The lowest BCUT2D eigenvalue weighted by atomic mass is 10.0. The summed E-state index contributed by atoms with van der Waals surface area (Å²) < 4.78 is 21.1. The van der Waals surface area contributed by atoms with Crippen molar-refractivity contribution >= 4 is 34.1 Å². The number of anilines is 2. The van der Waals surface area contributed by atoms with Gasteiger partial charge in [0, 0.05) is 41.8 Å². The molecule has 2 N–H and O–H groups in total. The Balaban J connectivity index is 1.15. The van der Waals surface area contributed by atoms with Crippen molar-refractivity contribution in [2.75, 3.05) is 10.6 Å². The summed E-state index contributed by atoms with van der Waals surface area (Å²) in [5.41, 5.74) is 3.60. The molecule has 5 aromatic rings. The molecule has 6 rings (SSSR count). The maximum absolute atomic E-state index is 13.2. The van der Waals surface area contributed by atoms with E-state index >= 15 is 0 Å². The summed E-state index contributed by atoms with van der Waals surface area (Å²) in [4.78, 5) is 30.3. The van der Waals surface area contributed by atoms with Gasteiger partial charge in [-0.05, 0) is 98.1 Å². The van der Waals surface area contributed by atoms with E-state index in [1.165, 1.54) is 24.3 Å². The van der Waals surface area contributed by atoms with Crippen LogP contribution in [0.15, 0.2) is 85.2 Å². The van der Waals surface area contributed by atoms with Crippen LogP contribution in [-0.4, -0.2) is 26.6 Å². The van der Waals surface area contributed by atoms with Gasteiger partial charge in [0.1, 0.15) is 22.7 Å². The second-order valence-electron chi connectivity index (χ2n) is 9.99. The van der Waals surface area contributed by atoms with Crippen molar-refractivity contribution in [3.63, 3.8) is 0 Å². The van der Waals surface area contributed by atoms with E-state index in [1.54, 1.807) is 35.1 Å². The Morgan fingerprint density at radius 2 is 1.57 bits per heavy atom. The smallest absolute Gasteiger partial charge is 0.240 e. The highest BCUT2D eigenvalue weighted by molar-refractivity contribution is 6.16. The predicted octanol–water partition coefficient (Wildman–Crippen LogP) is 6.23. The van der Waals surface area contributed by atoms with Gasteiger partial charge in [-0.25, -0.2) is 4.39 Å². The molecule has 2 amide bonds. The molecular weight excluding hydrogens is 509 g/mol. The number of aryl methyl sites for hydroxylation is 2. The highest BCUT2D eigenvalue weighted by Gasteiger charge is 2.56. The number of hydrogen-bond donors (Lipinski definition) is 2. The minimum atomic E-state index is -1.13. The molecule has 200 valence electrons. The van der Waals surface area contributed by atoms with Gasteiger partial charge in [-0.3, -0.25) is 19.3 Å². The Hall–Kier alpha value is -5.05. The first kappa shape index (κ1) is 25.2. The van der Waals surface area contributed by atoms with Crippen molar-refractivity contribution in [3.8, 4) is 22.8 Å². The van der Waals surface area contributed by atoms with Gasteiger partial charge in [0.05, 0.1) is 11.2 Å². The van der Waals surface area contributed by atoms with E-state index in [9.17, 15) is 14.0 Å². The number of benzene rings is 3. The highest BCUT2D eigenvalue weighted by Crippen LogP contribution is 2.47. The number of carbonyl (C=O) groups excluding carboxylic acids is 2. The largest absolute Gasteiger partial charge is 0.457 e. The minimum absolute atomic E-state index is 0.375. The van der Waals surface area contributed by atoms with E-state index in [-0.39, 0.29) is 5.91 Å². The fourth-order valence-corrected chi connectivity index (χ4v) is 4.65. The van der Waals surface area contributed by atoms with Crippen LogP contribution in [0.5, 0.6) is 11.5 Å². The number of amides is 2. The summed E-state index contributed by atoms with van der Waals surface area (Å²) in [7, 11) is 1.89. The third kappa shape index (κ3) is 4.89. The number of rotatable bonds is 7. The van der Waals surface area contributed by atoms with Gasteiger partial charge >= 0.3 is 0 Å². The fourth-order valence-electron chi connectivity index (χ4n) is 4.65. The lowest BCUT2D eigenvalue weighted by molar-refractivity contribution is -0.131. The maximum Gasteiger partial charge on any atom is 0.240 e. The molecule has 1 saturated carbocycles. The minimum Gasteiger partial charge on any atom is -0.457 e. The van der Waals surface area contributed by atoms with Gasteiger partial charge in [0.25, 0.3) is 0 Å². The van der Waals surface area contributed by atoms with E-state index < -0.39 is 17.1 Å². The fraction of sp³-hybridized carbons (Fsp3) is 0.161. The number of hydrogen-bond acceptors (Lipinski definition) is 5. The highest BCUT2D eigenvalue weighted by atomic mass is 19.1. The quantitative estimate of drug-likeness (QED) is 0.241. The number of aromatic nitrogens is 3. The average molecular weight is 536 g/mol. The zero-order valence-corrected chi connectivity index (χ0v) is 21.9. The van der Waals surface area contributed by atoms with E-state index in [4.69, 9.17) is 4.74 Å². The van der Waals surface area contributed by atoms with Crippen LogP contribution in [0.3, 0.4) is 0 Å². The Morgan fingerprint density at radius 1 is 0.925 bits per heavy atom. The third-order valence-electron chi connectivity index (χ3n) is 7.10. The van der Waals surface area contributed by atoms with Gasteiger partial charge < -0.3 is 15.4 Å². The molecule has 0 radical (unpaired) electrons. The van der Waals surface area contributed by atoms with Gasteiger partial charge in [-0.1, -0.05) is 0 Å². The Bertz CT molecular complexity index is 1740. The predicted molar refractivity (Wildman–Crippen MR) is 151 cm³/mol. The Labute approximate surface area is 229 Å². The van der Waals surface area contributed by atoms with E-state index in [0.717, 1.165) is 27.7 Å². The molecule has 3 aromatic carbocycles. The van der Waals surface area contributed by atoms with Crippen molar-refractivity contribution in [3.05, 3.63) is 96.6 Å². The van der Waals surface area contributed by atoms with E-state index in [2.05, 4.69) is 20.7 Å². The summed E-state index contributed by atoms with van der Waals surface area (Å²) in [6.45, 7) is 2.03. The number of fused-ring (bicyclic) bond motifs is 1. The number of halogens is 1. The van der Waals surface area contributed by atoms with Crippen LogP contribution < -0.4 is 15.4 Å².